The van der Waals surface area contributed by atoms with Crippen LogP contribution in [0.4, 0.5) is 0 Å². The van der Waals surface area contributed by atoms with Gasteiger partial charge in [0.1, 0.15) is 0 Å². The summed E-state index contributed by atoms with van der Waals surface area (Å²) in [7, 11) is 0. The summed E-state index contributed by atoms with van der Waals surface area (Å²) in [5.41, 5.74) is 1.71. The topological polar surface area (TPSA) is 20.2 Å². The zero-order chi connectivity index (χ0) is 12.9. The Balaban J connectivity index is 1.58. The quantitative estimate of drug-likeness (QED) is 0.727. The molecule has 4 bridgehead atoms. The Labute approximate surface area is 117 Å². The fourth-order valence-corrected chi connectivity index (χ4v) is 6.19. The van der Waals surface area contributed by atoms with Gasteiger partial charge in [-0.25, -0.2) is 0 Å². The SMILES string of the molecule is OC(C1=CCCCCC1)C12CC3CC(CC(C3)C1)C2. The Kier molecular flexibility index (Phi) is 3.02. The van der Waals surface area contributed by atoms with E-state index in [1.807, 2.05) is 0 Å². The van der Waals surface area contributed by atoms with E-state index in [2.05, 4.69) is 6.08 Å². The predicted molar refractivity (Wildman–Crippen MR) is 77.8 cm³/mol. The van der Waals surface area contributed by atoms with E-state index in [-0.39, 0.29) is 6.10 Å². The Morgan fingerprint density at radius 1 is 0.947 bits per heavy atom. The second kappa shape index (κ2) is 4.62. The molecule has 106 valence electrons. The van der Waals surface area contributed by atoms with E-state index in [9.17, 15) is 5.11 Å². The van der Waals surface area contributed by atoms with Crippen LogP contribution in [0.2, 0.25) is 0 Å². The van der Waals surface area contributed by atoms with Crippen molar-refractivity contribution in [3.05, 3.63) is 11.6 Å². The molecule has 0 aromatic carbocycles. The maximum atomic E-state index is 11.1. The van der Waals surface area contributed by atoms with Crippen molar-refractivity contribution < 1.29 is 5.11 Å². The molecule has 1 nitrogen and oxygen atoms in total. The molecule has 0 heterocycles. The lowest BCUT2D eigenvalue weighted by atomic mass is 9.47. The molecule has 5 aliphatic carbocycles. The van der Waals surface area contributed by atoms with Crippen molar-refractivity contribution in [2.75, 3.05) is 0 Å². The Bertz CT molecular complexity index is 346. The van der Waals surface area contributed by atoms with E-state index in [0.29, 0.717) is 5.41 Å². The zero-order valence-corrected chi connectivity index (χ0v) is 12.1. The molecular formula is C18H28O. The summed E-state index contributed by atoms with van der Waals surface area (Å²) in [6.45, 7) is 0. The van der Waals surface area contributed by atoms with Crippen molar-refractivity contribution in [3.63, 3.8) is 0 Å². The van der Waals surface area contributed by atoms with Gasteiger partial charge in [0.25, 0.3) is 0 Å². The van der Waals surface area contributed by atoms with Crippen molar-refractivity contribution in [2.45, 2.75) is 76.7 Å². The molecule has 0 spiro atoms. The van der Waals surface area contributed by atoms with Crippen LogP contribution in [0.25, 0.3) is 0 Å². The monoisotopic (exact) mass is 260 g/mol. The number of allylic oxidation sites excluding steroid dienone is 1. The average Bonchev–Trinajstić information content (AvgIpc) is 2.65. The summed E-state index contributed by atoms with van der Waals surface area (Å²) in [6, 6.07) is 0. The summed E-state index contributed by atoms with van der Waals surface area (Å²) in [4.78, 5) is 0. The molecule has 1 heteroatoms. The highest BCUT2D eigenvalue weighted by atomic mass is 16.3. The molecule has 4 saturated carbocycles. The Morgan fingerprint density at radius 2 is 1.58 bits per heavy atom. The van der Waals surface area contributed by atoms with Crippen molar-refractivity contribution in [3.8, 4) is 0 Å². The van der Waals surface area contributed by atoms with Crippen molar-refractivity contribution in [2.24, 2.45) is 23.2 Å². The largest absolute Gasteiger partial charge is 0.388 e. The van der Waals surface area contributed by atoms with Gasteiger partial charge < -0.3 is 5.11 Å². The molecule has 5 aliphatic rings. The molecular weight excluding hydrogens is 232 g/mol. The molecule has 0 amide bonds. The van der Waals surface area contributed by atoms with E-state index in [4.69, 9.17) is 0 Å². The molecule has 0 saturated heterocycles. The summed E-state index contributed by atoms with van der Waals surface area (Å²) in [6.07, 6.45) is 17.1. The smallest absolute Gasteiger partial charge is 0.0806 e. The highest BCUT2D eigenvalue weighted by Gasteiger charge is 2.54. The first-order chi connectivity index (χ1) is 9.25. The maximum Gasteiger partial charge on any atom is 0.0806 e. The van der Waals surface area contributed by atoms with E-state index in [0.717, 1.165) is 17.8 Å². The van der Waals surface area contributed by atoms with Crippen LogP contribution in [-0.2, 0) is 0 Å². The molecule has 0 aromatic rings. The Morgan fingerprint density at radius 3 is 2.21 bits per heavy atom. The van der Waals surface area contributed by atoms with Crippen LogP contribution < -0.4 is 0 Å². The number of aliphatic hydroxyl groups is 1. The summed E-state index contributed by atoms with van der Waals surface area (Å²) >= 11 is 0. The van der Waals surface area contributed by atoms with Gasteiger partial charge in [0.2, 0.25) is 0 Å². The third-order valence-corrected chi connectivity index (χ3v) is 6.59. The average molecular weight is 260 g/mol. The first-order valence-corrected chi connectivity index (χ1v) is 8.62. The van der Waals surface area contributed by atoms with Crippen LogP contribution in [0, 0.1) is 23.2 Å². The fraction of sp³-hybridized carbons (Fsp3) is 0.889. The second-order valence-corrected chi connectivity index (χ2v) is 8.06. The molecule has 1 unspecified atom stereocenters. The number of hydrogen-bond acceptors (Lipinski definition) is 1. The van der Waals surface area contributed by atoms with Gasteiger partial charge in [-0.3, -0.25) is 0 Å². The van der Waals surface area contributed by atoms with Gasteiger partial charge in [-0.1, -0.05) is 12.5 Å². The minimum absolute atomic E-state index is 0.0981. The minimum atomic E-state index is -0.0981. The normalized spacial score (nSPS) is 46.8. The van der Waals surface area contributed by atoms with E-state index >= 15 is 0 Å². The van der Waals surface area contributed by atoms with Crippen LogP contribution in [-0.4, -0.2) is 11.2 Å². The van der Waals surface area contributed by atoms with Crippen LogP contribution >= 0.6 is 0 Å². The van der Waals surface area contributed by atoms with Crippen LogP contribution in [0.1, 0.15) is 70.6 Å². The number of aliphatic hydroxyl groups excluding tert-OH is 1. The molecule has 4 fully saturated rings. The van der Waals surface area contributed by atoms with Crippen LogP contribution in [0.3, 0.4) is 0 Å². The minimum Gasteiger partial charge on any atom is -0.388 e. The summed E-state index contributed by atoms with van der Waals surface area (Å²) in [5, 5.41) is 11.1. The zero-order valence-electron chi connectivity index (χ0n) is 12.1. The van der Waals surface area contributed by atoms with E-state index in [1.165, 1.54) is 76.2 Å². The Hall–Kier alpha value is -0.300. The predicted octanol–water partition coefficient (Wildman–Crippen LogP) is 4.45. The first kappa shape index (κ1) is 12.4. The van der Waals surface area contributed by atoms with Gasteiger partial charge >= 0.3 is 0 Å². The van der Waals surface area contributed by atoms with Gasteiger partial charge in [-0.05, 0) is 87.5 Å². The number of hydrogen-bond donors (Lipinski definition) is 1. The third kappa shape index (κ3) is 2.09. The van der Waals surface area contributed by atoms with Crippen molar-refractivity contribution in [1.29, 1.82) is 0 Å². The molecule has 19 heavy (non-hydrogen) atoms. The lowest BCUT2D eigenvalue weighted by Gasteiger charge is -2.58. The number of rotatable bonds is 2. The molecule has 1 atom stereocenters. The molecule has 5 rings (SSSR count). The van der Waals surface area contributed by atoms with E-state index in [1.54, 1.807) is 0 Å². The van der Waals surface area contributed by atoms with Crippen molar-refractivity contribution in [1.82, 2.24) is 0 Å². The molecule has 0 aromatic heterocycles. The van der Waals surface area contributed by atoms with Gasteiger partial charge in [0.15, 0.2) is 0 Å². The van der Waals surface area contributed by atoms with Crippen LogP contribution in [0.15, 0.2) is 11.6 Å². The van der Waals surface area contributed by atoms with Gasteiger partial charge in [-0.2, -0.15) is 0 Å². The van der Waals surface area contributed by atoms with Gasteiger partial charge in [0, 0.05) is 5.41 Å². The van der Waals surface area contributed by atoms with Gasteiger partial charge in [0.05, 0.1) is 6.10 Å². The second-order valence-electron chi connectivity index (χ2n) is 8.06. The highest BCUT2D eigenvalue weighted by molar-refractivity contribution is 5.18. The molecule has 1 N–H and O–H groups in total. The summed E-state index contributed by atoms with van der Waals surface area (Å²) < 4.78 is 0. The highest BCUT2D eigenvalue weighted by Crippen LogP contribution is 2.62. The lowest BCUT2D eigenvalue weighted by Crippen LogP contribution is -2.52. The summed E-state index contributed by atoms with van der Waals surface area (Å²) in [5.74, 6) is 2.85. The third-order valence-electron chi connectivity index (χ3n) is 6.59. The van der Waals surface area contributed by atoms with Gasteiger partial charge in [-0.15, -0.1) is 0 Å². The lowest BCUT2D eigenvalue weighted by molar-refractivity contribution is -0.108. The fourth-order valence-electron chi connectivity index (χ4n) is 6.19. The molecule has 0 radical (unpaired) electrons. The van der Waals surface area contributed by atoms with E-state index < -0.39 is 0 Å². The van der Waals surface area contributed by atoms with Crippen LogP contribution in [0.5, 0.6) is 0 Å². The first-order valence-electron chi connectivity index (χ1n) is 8.62. The van der Waals surface area contributed by atoms with Crippen molar-refractivity contribution >= 4 is 0 Å². The maximum absolute atomic E-state index is 11.1. The standard InChI is InChI=1S/C18H28O/c19-17(16-5-3-1-2-4-6-16)18-10-13-7-14(11-18)9-15(8-13)12-18/h5,13-15,17,19H,1-4,6-12H2. The molecule has 0 aliphatic heterocycles.